The molecule has 2 rings (SSSR count). The molecule has 1 fully saturated rings. The fraction of sp³-hybridized carbons (Fsp3) is 0.600. The number of aromatic nitrogens is 1. The van der Waals surface area contributed by atoms with E-state index in [0.717, 1.165) is 18.2 Å². The van der Waals surface area contributed by atoms with Crippen molar-refractivity contribution >= 4 is 22.4 Å². The Hall–Kier alpha value is -1.14. The predicted molar refractivity (Wildman–Crippen MR) is 60.9 cm³/mol. The molecule has 2 heterocycles. The quantitative estimate of drug-likeness (QED) is 0.814. The molecule has 0 bridgehead atoms. The van der Waals surface area contributed by atoms with Crippen molar-refractivity contribution in [2.24, 2.45) is 0 Å². The zero-order valence-electron chi connectivity index (χ0n) is 9.23. The third kappa shape index (κ3) is 2.33. The number of anilines is 1. The van der Waals surface area contributed by atoms with Crippen LogP contribution in [0.1, 0.15) is 23.8 Å². The van der Waals surface area contributed by atoms with Crippen LogP contribution in [0, 0.1) is 0 Å². The van der Waals surface area contributed by atoms with Crippen LogP contribution in [0.5, 0.6) is 0 Å². The highest BCUT2D eigenvalue weighted by atomic mass is 32.1. The van der Waals surface area contributed by atoms with Crippen molar-refractivity contribution in [3.8, 4) is 0 Å². The minimum Gasteiger partial charge on any atom is -0.464 e. The largest absolute Gasteiger partial charge is 0.464 e. The maximum atomic E-state index is 11.2. The lowest BCUT2D eigenvalue weighted by atomic mass is 10.2. The molecule has 2 atom stereocenters. The van der Waals surface area contributed by atoms with Crippen molar-refractivity contribution < 1.29 is 14.3 Å². The van der Waals surface area contributed by atoms with Gasteiger partial charge in [-0.05, 0) is 13.3 Å². The van der Waals surface area contributed by atoms with E-state index in [1.54, 1.807) is 5.38 Å². The predicted octanol–water partition coefficient (Wildman–Crippen LogP) is 1.52. The van der Waals surface area contributed by atoms with Crippen molar-refractivity contribution in [3.63, 3.8) is 0 Å². The van der Waals surface area contributed by atoms with E-state index in [-0.39, 0.29) is 12.1 Å². The fourth-order valence-electron chi connectivity index (χ4n) is 1.62. The molecule has 88 valence electrons. The van der Waals surface area contributed by atoms with Gasteiger partial charge in [-0.3, -0.25) is 0 Å². The summed E-state index contributed by atoms with van der Waals surface area (Å²) in [4.78, 5) is 15.4. The van der Waals surface area contributed by atoms with Gasteiger partial charge in [0.15, 0.2) is 10.8 Å². The Morgan fingerprint density at radius 3 is 3.19 bits per heavy atom. The van der Waals surface area contributed by atoms with E-state index in [2.05, 4.69) is 15.0 Å². The lowest BCUT2D eigenvalue weighted by Crippen LogP contribution is -2.26. The minimum absolute atomic E-state index is 0.186. The summed E-state index contributed by atoms with van der Waals surface area (Å²) in [5, 5.41) is 5.69. The SMILES string of the molecule is COC(=O)c1csc(NC2CCOC2C)n1. The Labute approximate surface area is 97.8 Å². The number of nitrogens with one attached hydrogen (secondary N) is 1. The number of ether oxygens (including phenoxy) is 2. The number of carbonyl (C=O) groups is 1. The molecule has 16 heavy (non-hydrogen) atoms. The molecular formula is C10H14N2O3S. The highest BCUT2D eigenvalue weighted by Gasteiger charge is 2.25. The lowest BCUT2D eigenvalue weighted by Gasteiger charge is -2.14. The summed E-state index contributed by atoms with van der Waals surface area (Å²) in [6.07, 6.45) is 1.15. The van der Waals surface area contributed by atoms with Crippen molar-refractivity contribution in [2.45, 2.75) is 25.5 Å². The Balaban J connectivity index is 1.99. The van der Waals surface area contributed by atoms with Gasteiger partial charge in [-0.2, -0.15) is 0 Å². The van der Waals surface area contributed by atoms with Gasteiger partial charge in [0, 0.05) is 12.0 Å². The maximum Gasteiger partial charge on any atom is 0.357 e. The summed E-state index contributed by atoms with van der Waals surface area (Å²) in [5.41, 5.74) is 0.349. The molecule has 1 saturated heterocycles. The van der Waals surface area contributed by atoms with Gasteiger partial charge in [0.05, 0.1) is 19.3 Å². The number of rotatable bonds is 3. The van der Waals surface area contributed by atoms with Crippen LogP contribution in [0.15, 0.2) is 5.38 Å². The maximum absolute atomic E-state index is 11.2. The Morgan fingerprint density at radius 1 is 1.75 bits per heavy atom. The first-order chi connectivity index (χ1) is 7.70. The minimum atomic E-state index is -0.403. The molecule has 5 nitrogen and oxygen atoms in total. The number of methoxy groups -OCH3 is 1. The third-order valence-corrected chi connectivity index (χ3v) is 3.36. The van der Waals surface area contributed by atoms with E-state index in [4.69, 9.17) is 4.74 Å². The summed E-state index contributed by atoms with van der Waals surface area (Å²) in [6.45, 7) is 2.80. The van der Waals surface area contributed by atoms with Crippen molar-refractivity contribution in [1.29, 1.82) is 0 Å². The highest BCUT2D eigenvalue weighted by Crippen LogP contribution is 2.22. The van der Waals surface area contributed by atoms with Gasteiger partial charge in [-0.1, -0.05) is 0 Å². The van der Waals surface area contributed by atoms with Crippen LogP contribution in [-0.2, 0) is 9.47 Å². The molecule has 0 radical (unpaired) electrons. The molecule has 0 spiro atoms. The first kappa shape index (κ1) is 11.3. The average molecular weight is 242 g/mol. The van der Waals surface area contributed by atoms with Gasteiger partial charge in [0.2, 0.25) is 0 Å². The summed E-state index contributed by atoms with van der Waals surface area (Å²) < 4.78 is 10.0. The van der Waals surface area contributed by atoms with Crippen LogP contribution in [0.25, 0.3) is 0 Å². The van der Waals surface area contributed by atoms with Crippen LogP contribution < -0.4 is 5.32 Å². The van der Waals surface area contributed by atoms with Crippen LogP contribution in [-0.4, -0.2) is 36.8 Å². The fourth-order valence-corrected chi connectivity index (χ4v) is 2.36. The van der Waals surface area contributed by atoms with E-state index >= 15 is 0 Å². The molecule has 0 saturated carbocycles. The highest BCUT2D eigenvalue weighted by molar-refractivity contribution is 7.13. The van der Waals surface area contributed by atoms with Gasteiger partial charge in [0.25, 0.3) is 0 Å². The van der Waals surface area contributed by atoms with E-state index in [1.165, 1.54) is 18.4 Å². The van der Waals surface area contributed by atoms with Crippen molar-refractivity contribution in [3.05, 3.63) is 11.1 Å². The van der Waals surface area contributed by atoms with Gasteiger partial charge >= 0.3 is 5.97 Å². The normalized spacial score (nSPS) is 24.4. The van der Waals surface area contributed by atoms with Gasteiger partial charge in [-0.15, -0.1) is 11.3 Å². The van der Waals surface area contributed by atoms with Crippen LogP contribution >= 0.6 is 11.3 Å². The van der Waals surface area contributed by atoms with E-state index < -0.39 is 5.97 Å². The summed E-state index contributed by atoms with van der Waals surface area (Å²) in [5.74, 6) is -0.403. The van der Waals surface area contributed by atoms with Crippen LogP contribution in [0.2, 0.25) is 0 Å². The molecule has 1 N–H and O–H groups in total. The van der Waals surface area contributed by atoms with Crippen molar-refractivity contribution in [1.82, 2.24) is 4.98 Å². The molecular weight excluding hydrogens is 228 g/mol. The standard InChI is InChI=1S/C10H14N2O3S/c1-6-7(3-4-15-6)11-10-12-8(5-16-10)9(13)14-2/h5-7H,3-4H2,1-2H3,(H,11,12). The second kappa shape index (κ2) is 4.80. The molecule has 6 heteroatoms. The molecule has 1 aliphatic rings. The zero-order chi connectivity index (χ0) is 11.5. The van der Waals surface area contributed by atoms with Crippen LogP contribution in [0.3, 0.4) is 0 Å². The number of thiazole rings is 1. The van der Waals surface area contributed by atoms with E-state index in [9.17, 15) is 4.79 Å². The topological polar surface area (TPSA) is 60.5 Å². The molecule has 0 amide bonds. The second-order valence-corrected chi connectivity index (χ2v) is 4.50. The Kier molecular flexibility index (Phi) is 3.40. The first-order valence-corrected chi connectivity index (χ1v) is 6.00. The lowest BCUT2D eigenvalue weighted by molar-refractivity contribution is 0.0595. The Bertz CT molecular complexity index is 380. The molecule has 1 aromatic rings. The van der Waals surface area contributed by atoms with Crippen molar-refractivity contribution in [2.75, 3.05) is 19.0 Å². The Morgan fingerprint density at radius 2 is 2.56 bits per heavy atom. The summed E-state index contributed by atoms with van der Waals surface area (Å²) in [6, 6.07) is 0.275. The zero-order valence-corrected chi connectivity index (χ0v) is 10.0. The van der Waals surface area contributed by atoms with Crippen LogP contribution in [0.4, 0.5) is 5.13 Å². The number of carbonyl (C=O) groups excluding carboxylic acids is 1. The van der Waals surface area contributed by atoms with E-state index in [1.807, 2.05) is 6.92 Å². The van der Waals surface area contributed by atoms with Gasteiger partial charge < -0.3 is 14.8 Å². The number of hydrogen-bond acceptors (Lipinski definition) is 6. The average Bonchev–Trinajstić information content (AvgIpc) is 2.89. The summed E-state index contributed by atoms with van der Waals surface area (Å²) in [7, 11) is 1.35. The number of nitrogens with zero attached hydrogens (tertiary/aromatic N) is 1. The van der Waals surface area contributed by atoms with E-state index in [0.29, 0.717) is 5.69 Å². The monoisotopic (exact) mass is 242 g/mol. The molecule has 0 aromatic carbocycles. The number of hydrogen-bond donors (Lipinski definition) is 1. The van der Waals surface area contributed by atoms with Gasteiger partial charge in [0.1, 0.15) is 0 Å². The van der Waals surface area contributed by atoms with Gasteiger partial charge in [-0.25, -0.2) is 9.78 Å². The first-order valence-electron chi connectivity index (χ1n) is 5.12. The second-order valence-electron chi connectivity index (χ2n) is 3.64. The molecule has 0 aliphatic carbocycles. The summed E-state index contributed by atoms with van der Waals surface area (Å²) >= 11 is 1.40. The molecule has 2 unspecified atom stereocenters. The third-order valence-electron chi connectivity index (χ3n) is 2.58. The smallest absolute Gasteiger partial charge is 0.357 e. The number of esters is 1. The molecule has 1 aliphatic heterocycles. The molecule has 1 aromatic heterocycles.